The van der Waals surface area contributed by atoms with Gasteiger partial charge in [-0.2, -0.15) is 0 Å². The van der Waals surface area contributed by atoms with E-state index < -0.39 is 13.9 Å². The quantitative estimate of drug-likeness (QED) is 0.0268. The number of phosphoric ester groups is 1. The number of rotatable bonds is 46. The number of unbranched alkanes of at least 4 members (excludes halogenated alkanes) is 15. The summed E-state index contributed by atoms with van der Waals surface area (Å²) in [6.07, 6.45) is 68.3. The zero-order valence-corrected chi connectivity index (χ0v) is 40.9. The van der Waals surface area contributed by atoms with Gasteiger partial charge in [0.25, 0.3) is 0 Å². The lowest BCUT2D eigenvalue weighted by Gasteiger charge is -2.20. The van der Waals surface area contributed by atoms with Gasteiger partial charge < -0.3 is 20.1 Å². The van der Waals surface area contributed by atoms with Crippen LogP contribution in [0.15, 0.2) is 109 Å². The molecule has 2 unspecified atom stereocenters. The van der Waals surface area contributed by atoms with Crippen LogP contribution in [0.1, 0.15) is 187 Å². The third-order valence-corrected chi connectivity index (χ3v) is 10.9. The van der Waals surface area contributed by atoms with Gasteiger partial charge in [-0.3, -0.25) is 13.8 Å². The summed E-state index contributed by atoms with van der Waals surface area (Å²) in [6.45, 7) is 4.69. The predicted octanol–water partition coefficient (Wildman–Crippen LogP) is 15.6. The maximum absolute atomic E-state index is 12.6. The van der Waals surface area contributed by atoms with Crippen molar-refractivity contribution in [3.05, 3.63) is 109 Å². The molecule has 0 rings (SSSR count). The fraction of sp³-hybridized carbons (Fsp3) is 0.648. The third kappa shape index (κ3) is 50.0. The number of esters is 1. The average Bonchev–Trinajstić information content (AvgIpc) is 3.28. The Morgan fingerprint density at radius 3 is 1.33 bits per heavy atom. The molecule has 360 valence electrons. The first-order valence-corrected chi connectivity index (χ1v) is 26.4. The first kappa shape index (κ1) is 60.2. The number of carbonyl (C=O) groups excluding carboxylic acids is 1. The molecule has 0 bridgehead atoms. The van der Waals surface area contributed by atoms with Gasteiger partial charge in [0.05, 0.1) is 19.8 Å². The molecule has 0 aromatic rings. The minimum absolute atomic E-state index is 0.0881. The Hall–Kier alpha value is -2.84. The summed E-state index contributed by atoms with van der Waals surface area (Å²) in [5.74, 6) is -0.352. The van der Waals surface area contributed by atoms with Crippen molar-refractivity contribution in [2.45, 2.75) is 193 Å². The van der Waals surface area contributed by atoms with Gasteiger partial charge in [0.15, 0.2) is 0 Å². The van der Waals surface area contributed by atoms with Crippen LogP contribution in [-0.2, 0) is 27.9 Å². The van der Waals surface area contributed by atoms with Crippen molar-refractivity contribution in [2.75, 3.05) is 33.0 Å². The molecule has 0 aliphatic heterocycles. The van der Waals surface area contributed by atoms with Crippen LogP contribution in [0.5, 0.6) is 0 Å². The third-order valence-electron chi connectivity index (χ3n) is 9.92. The largest absolute Gasteiger partial charge is 0.472 e. The Bertz CT molecular complexity index is 1330. The number of hydrogen-bond donors (Lipinski definition) is 2. The second-order valence-corrected chi connectivity index (χ2v) is 17.4. The summed E-state index contributed by atoms with van der Waals surface area (Å²) >= 11 is 0. The van der Waals surface area contributed by atoms with Crippen molar-refractivity contribution < 1.29 is 32.8 Å². The van der Waals surface area contributed by atoms with E-state index in [1.54, 1.807) is 0 Å². The maximum Gasteiger partial charge on any atom is 0.472 e. The van der Waals surface area contributed by atoms with Crippen molar-refractivity contribution in [1.29, 1.82) is 0 Å². The van der Waals surface area contributed by atoms with Crippen LogP contribution in [0.4, 0.5) is 0 Å². The van der Waals surface area contributed by atoms with E-state index in [1.165, 1.54) is 57.8 Å². The molecule has 3 N–H and O–H groups in total. The molecule has 0 spiro atoms. The standard InChI is InChI=1S/C54H92NO7P/c1-3-5-7-9-11-13-15-17-19-21-23-24-25-26-27-28-29-30-32-34-36-38-40-42-44-46-49-59-51-53(52-61-63(57,58)60-50-48-55)62-54(56)47-45-43-41-39-37-35-33-31-22-20-18-16-14-12-10-8-6-4-2/h5,7,11,13-14,16-17,19-20,22-24,26-27,29-30,34,36,53H,3-4,6,8-10,12,15,18,21,25,28,31-33,35,37-52,55H2,1-2H3,(H,57,58)/b7-5-,13-11-,16-14-,19-17-,22-20-,24-23-,27-26-,30-29-,36-34-. The monoisotopic (exact) mass is 898 g/mol. The Balaban J connectivity index is 4.08. The Morgan fingerprint density at radius 1 is 0.492 bits per heavy atom. The first-order chi connectivity index (χ1) is 30.9. The summed E-state index contributed by atoms with van der Waals surface area (Å²) in [5.41, 5.74) is 5.38. The van der Waals surface area contributed by atoms with Gasteiger partial charge >= 0.3 is 13.8 Å². The lowest BCUT2D eigenvalue weighted by Crippen LogP contribution is -2.28. The average molecular weight is 898 g/mol. The predicted molar refractivity (Wildman–Crippen MR) is 270 cm³/mol. The van der Waals surface area contributed by atoms with Gasteiger partial charge in [-0.25, -0.2) is 4.57 Å². The molecule has 9 heteroatoms. The first-order valence-electron chi connectivity index (χ1n) is 24.9. The van der Waals surface area contributed by atoms with Crippen molar-refractivity contribution in [3.8, 4) is 0 Å². The van der Waals surface area contributed by atoms with E-state index in [9.17, 15) is 14.3 Å². The molecule has 0 aliphatic carbocycles. The molecule has 0 aliphatic rings. The zero-order valence-electron chi connectivity index (χ0n) is 40.0. The molecule has 63 heavy (non-hydrogen) atoms. The Kier molecular flexibility index (Phi) is 47.9. The van der Waals surface area contributed by atoms with E-state index in [0.717, 1.165) is 109 Å². The highest BCUT2D eigenvalue weighted by Gasteiger charge is 2.25. The highest BCUT2D eigenvalue weighted by atomic mass is 31.2. The normalized spacial score (nSPS) is 14.3. The highest BCUT2D eigenvalue weighted by molar-refractivity contribution is 7.47. The number of nitrogens with two attached hydrogens (primary N) is 1. The SMILES string of the molecule is CC/C=C\C/C=C\C/C=C\C/C=C\C/C=C\C/C=C\C/C=C\CCCCCCOCC(COP(=O)(O)OCCN)OC(=O)CCCCCCCCC/C=C\C/C=C\CCCCCC. The molecular weight excluding hydrogens is 806 g/mol. The second-order valence-electron chi connectivity index (χ2n) is 15.9. The van der Waals surface area contributed by atoms with E-state index in [-0.39, 0.29) is 32.3 Å². The summed E-state index contributed by atoms with van der Waals surface area (Å²) in [5, 5.41) is 0. The van der Waals surface area contributed by atoms with E-state index in [2.05, 4.69) is 123 Å². The molecule has 0 fully saturated rings. The van der Waals surface area contributed by atoms with Crippen LogP contribution in [0, 0.1) is 0 Å². The molecule has 8 nitrogen and oxygen atoms in total. The van der Waals surface area contributed by atoms with Gasteiger partial charge in [0.1, 0.15) is 6.10 Å². The number of ether oxygens (including phenoxy) is 2. The smallest absolute Gasteiger partial charge is 0.457 e. The van der Waals surface area contributed by atoms with Gasteiger partial charge in [0.2, 0.25) is 0 Å². The van der Waals surface area contributed by atoms with Crippen LogP contribution in [0.25, 0.3) is 0 Å². The van der Waals surface area contributed by atoms with Crippen LogP contribution in [0.2, 0.25) is 0 Å². The number of phosphoric acid groups is 1. The molecule has 0 saturated heterocycles. The molecule has 0 saturated carbocycles. The molecule has 0 aromatic carbocycles. The second kappa shape index (κ2) is 50.2. The van der Waals surface area contributed by atoms with Gasteiger partial charge in [-0.05, 0) is 103 Å². The van der Waals surface area contributed by atoms with Crippen LogP contribution in [-0.4, -0.2) is 49.9 Å². The van der Waals surface area contributed by atoms with Gasteiger partial charge in [-0.1, -0.05) is 187 Å². The Labute approximate surface area is 386 Å². The van der Waals surface area contributed by atoms with Crippen molar-refractivity contribution in [2.24, 2.45) is 5.73 Å². The lowest BCUT2D eigenvalue weighted by molar-refractivity contribution is -0.154. The van der Waals surface area contributed by atoms with E-state index in [1.807, 2.05) is 0 Å². The van der Waals surface area contributed by atoms with Gasteiger partial charge in [0, 0.05) is 19.6 Å². The molecule has 0 aromatic heterocycles. The number of carbonyl (C=O) groups is 1. The lowest BCUT2D eigenvalue weighted by atomic mass is 10.1. The fourth-order valence-corrected chi connectivity index (χ4v) is 7.07. The zero-order chi connectivity index (χ0) is 45.8. The van der Waals surface area contributed by atoms with E-state index in [4.69, 9.17) is 24.3 Å². The van der Waals surface area contributed by atoms with E-state index in [0.29, 0.717) is 13.0 Å². The molecule has 0 amide bonds. The maximum atomic E-state index is 12.6. The number of allylic oxidation sites excluding steroid dienone is 18. The molecular formula is C54H92NO7P. The van der Waals surface area contributed by atoms with Crippen LogP contribution < -0.4 is 5.73 Å². The summed E-state index contributed by atoms with van der Waals surface area (Å²) in [4.78, 5) is 22.6. The molecule has 0 heterocycles. The van der Waals surface area contributed by atoms with Gasteiger partial charge in [-0.15, -0.1) is 0 Å². The Morgan fingerprint density at radius 2 is 0.889 bits per heavy atom. The van der Waals surface area contributed by atoms with Crippen molar-refractivity contribution >= 4 is 13.8 Å². The van der Waals surface area contributed by atoms with E-state index >= 15 is 0 Å². The van der Waals surface area contributed by atoms with Crippen molar-refractivity contribution in [1.82, 2.24) is 0 Å². The fourth-order valence-electron chi connectivity index (χ4n) is 6.30. The minimum atomic E-state index is -4.30. The summed E-state index contributed by atoms with van der Waals surface area (Å²) in [6, 6.07) is 0. The minimum Gasteiger partial charge on any atom is -0.457 e. The van der Waals surface area contributed by atoms with Crippen LogP contribution in [0.3, 0.4) is 0 Å². The van der Waals surface area contributed by atoms with Crippen molar-refractivity contribution in [3.63, 3.8) is 0 Å². The molecule has 0 radical (unpaired) electrons. The molecule has 2 atom stereocenters. The summed E-state index contributed by atoms with van der Waals surface area (Å²) < 4.78 is 33.5. The van der Waals surface area contributed by atoms with Crippen LogP contribution >= 0.6 is 7.82 Å². The number of hydrogen-bond acceptors (Lipinski definition) is 7. The summed E-state index contributed by atoms with van der Waals surface area (Å²) in [7, 11) is -4.30. The topological polar surface area (TPSA) is 117 Å². The highest BCUT2D eigenvalue weighted by Crippen LogP contribution is 2.43.